The van der Waals surface area contributed by atoms with E-state index in [1.54, 1.807) is 11.1 Å². The lowest BCUT2D eigenvalue weighted by molar-refractivity contribution is -0.0399. The standard InChI is InChI=1S/C52H40/c1-2-12-40-35(10-1)11-9-18-43(40)51-46-16-5-3-14-44(46)50(45-15-4-6-17-47(45)51)36-22-20-34(21-23-36)37-24-25-42-41-13-7-8-19-48(41)52(49(42)31-37)38-27-32-26-33(29-38)30-39(52)28-32/h1-25,31-33,38-39H,26-30H2. The maximum absolute atomic E-state index is 2.62. The van der Waals surface area contributed by atoms with Crippen molar-refractivity contribution in [1.29, 1.82) is 0 Å². The summed E-state index contributed by atoms with van der Waals surface area (Å²) in [6.07, 6.45) is 7.16. The smallest absolute Gasteiger partial charge is 0.0272 e. The number of fused-ring (bicyclic) bond motifs is 6. The van der Waals surface area contributed by atoms with Crippen LogP contribution in [0.3, 0.4) is 0 Å². The Hall–Kier alpha value is -5.46. The van der Waals surface area contributed by atoms with Crippen molar-refractivity contribution in [3.05, 3.63) is 169 Å². The Balaban J connectivity index is 1.01. The van der Waals surface area contributed by atoms with Gasteiger partial charge in [-0.1, -0.05) is 152 Å². The molecule has 8 aromatic rings. The van der Waals surface area contributed by atoms with Crippen molar-refractivity contribution >= 4 is 32.3 Å². The molecule has 0 heterocycles. The lowest BCUT2D eigenvalue weighted by Gasteiger charge is -2.61. The molecule has 0 aliphatic heterocycles. The van der Waals surface area contributed by atoms with Gasteiger partial charge in [-0.2, -0.15) is 0 Å². The lowest BCUT2D eigenvalue weighted by atomic mass is 9.43. The van der Waals surface area contributed by atoms with Gasteiger partial charge in [0.15, 0.2) is 0 Å². The molecule has 5 aliphatic rings. The third-order valence-electron chi connectivity index (χ3n) is 14.1. The fourth-order valence-corrected chi connectivity index (χ4v) is 12.3. The van der Waals surface area contributed by atoms with E-state index in [1.165, 1.54) is 109 Å². The van der Waals surface area contributed by atoms with E-state index in [-0.39, 0.29) is 5.41 Å². The maximum atomic E-state index is 2.62. The molecule has 0 N–H and O–H groups in total. The number of rotatable bonds is 3. The van der Waals surface area contributed by atoms with Gasteiger partial charge in [0, 0.05) is 5.41 Å². The molecule has 0 nitrogen and oxygen atoms in total. The van der Waals surface area contributed by atoms with E-state index in [2.05, 4.69) is 158 Å². The summed E-state index contributed by atoms with van der Waals surface area (Å²) in [5, 5.41) is 7.78. The van der Waals surface area contributed by atoms with E-state index >= 15 is 0 Å². The minimum absolute atomic E-state index is 0.193. The van der Waals surface area contributed by atoms with Crippen LogP contribution in [0.25, 0.3) is 76.8 Å². The molecule has 1 spiro atoms. The second-order valence-corrected chi connectivity index (χ2v) is 16.4. The zero-order valence-electron chi connectivity index (χ0n) is 29.4. The van der Waals surface area contributed by atoms with Crippen LogP contribution in [0.4, 0.5) is 0 Å². The molecule has 248 valence electrons. The first-order chi connectivity index (χ1) is 25.8. The molecule has 0 aromatic heterocycles. The monoisotopic (exact) mass is 664 g/mol. The molecular formula is C52H40. The van der Waals surface area contributed by atoms with Gasteiger partial charge in [-0.3, -0.25) is 0 Å². The zero-order chi connectivity index (χ0) is 34.0. The van der Waals surface area contributed by atoms with Crippen LogP contribution in [0.15, 0.2) is 158 Å². The molecule has 0 radical (unpaired) electrons. The molecule has 0 atom stereocenters. The summed E-state index contributed by atoms with van der Waals surface area (Å²) in [6.45, 7) is 0. The van der Waals surface area contributed by atoms with Crippen molar-refractivity contribution in [3.8, 4) is 44.5 Å². The van der Waals surface area contributed by atoms with Gasteiger partial charge in [0.05, 0.1) is 0 Å². The molecule has 13 rings (SSSR count). The Morgan fingerprint density at radius 3 is 1.54 bits per heavy atom. The Morgan fingerprint density at radius 1 is 0.346 bits per heavy atom. The summed E-state index contributed by atoms with van der Waals surface area (Å²) >= 11 is 0. The highest BCUT2D eigenvalue weighted by Gasteiger charge is 2.61. The normalized spacial score (nSPS) is 23.8. The largest absolute Gasteiger partial charge is 0.0619 e. The Labute approximate surface area is 305 Å². The molecule has 0 unspecified atom stereocenters. The molecule has 0 heteroatoms. The first-order valence-corrected chi connectivity index (χ1v) is 19.5. The van der Waals surface area contributed by atoms with E-state index in [4.69, 9.17) is 0 Å². The molecule has 4 bridgehead atoms. The molecule has 4 fully saturated rings. The van der Waals surface area contributed by atoms with E-state index in [0.29, 0.717) is 0 Å². The third-order valence-corrected chi connectivity index (χ3v) is 14.1. The minimum Gasteiger partial charge on any atom is -0.0619 e. The fourth-order valence-electron chi connectivity index (χ4n) is 12.3. The van der Waals surface area contributed by atoms with E-state index in [1.807, 2.05) is 0 Å². The molecular weight excluding hydrogens is 625 g/mol. The minimum atomic E-state index is 0.193. The Morgan fingerprint density at radius 2 is 0.846 bits per heavy atom. The van der Waals surface area contributed by atoms with E-state index < -0.39 is 0 Å². The molecule has 52 heavy (non-hydrogen) atoms. The predicted octanol–water partition coefficient (Wildman–Crippen LogP) is 13.9. The van der Waals surface area contributed by atoms with Gasteiger partial charge in [-0.25, -0.2) is 0 Å². The summed E-state index contributed by atoms with van der Waals surface area (Å²) in [6, 6.07) is 60.0. The summed E-state index contributed by atoms with van der Waals surface area (Å²) in [7, 11) is 0. The van der Waals surface area contributed by atoms with Gasteiger partial charge in [0.1, 0.15) is 0 Å². The molecule has 8 aromatic carbocycles. The van der Waals surface area contributed by atoms with Gasteiger partial charge < -0.3 is 0 Å². The average Bonchev–Trinajstić information content (AvgIpc) is 3.49. The van der Waals surface area contributed by atoms with Gasteiger partial charge in [0.25, 0.3) is 0 Å². The van der Waals surface area contributed by atoms with Crippen LogP contribution in [-0.2, 0) is 5.41 Å². The van der Waals surface area contributed by atoms with Crippen molar-refractivity contribution in [2.24, 2.45) is 23.7 Å². The number of hydrogen-bond acceptors (Lipinski definition) is 0. The Kier molecular flexibility index (Phi) is 6.04. The highest BCUT2D eigenvalue weighted by molar-refractivity contribution is 6.23. The summed E-state index contributed by atoms with van der Waals surface area (Å²) < 4.78 is 0. The molecule has 5 aliphatic carbocycles. The van der Waals surface area contributed by atoms with Gasteiger partial charge >= 0.3 is 0 Å². The van der Waals surface area contributed by atoms with Crippen molar-refractivity contribution in [2.45, 2.75) is 37.5 Å². The highest BCUT2D eigenvalue weighted by atomic mass is 14.6. The van der Waals surface area contributed by atoms with E-state index in [9.17, 15) is 0 Å². The average molecular weight is 665 g/mol. The predicted molar refractivity (Wildman–Crippen MR) is 219 cm³/mol. The zero-order valence-corrected chi connectivity index (χ0v) is 29.4. The van der Waals surface area contributed by atoms with E-state index in [0.717, 1.165) is 23.7 Å². The molecule has 0 saturated heterocycles. The van der Waals surface area contributed by atoms with Crippen molar-refractivity contribution in [1.82, 2.24) is 0 Å². The van der Waals surface area contributed by atoms with Crippen molar-refractivity contribution < 1.29 is 0 Å². The Bertz CT molecular complexity index is 2650. The summed E-state index contributed by atoms with van der Waals surface area (Å²) in [4.78, 5) is 0. The first-order valence-electron chi connectivity index (χ1n) is 19.5. The highest BCUT2D eigenvalue weighted by Crippen LogP contribution is 2.69. The van der Waals surface area contributed by atoms with Crippen molar-refractivity contribution in [3.63, 3.8) is 0 Å². The van der Waals surface area contributed by atoms with Gasteiger partial charge in [-0.05, 0) is 150 Å². The van der Waals surface area contributed by atoms with Crippen LogP contribution in [0.2, 0.25) is 0 Å². The van der Waals surface area contributed by atoms with Crippen molar-refractivity contribution in [2.75, 3.05) is 0 Å². The van der Waals surface area contributed by atoms with Gasteiger partial charge in [-0.15, -0.1) is 0 Å². The summed E-state index contributed by atoms with van der Waals surface area (Å²) in [5.41, 5.74) is 14.3. The number of benzene rings is 8. The maximum Gasteiger partial charge on any atom is 0.0272 e. The fraction of sp³-hybridized carbons (Fsp3) is 0.192. The quantitative estimate of drug-likeness (QED) is 0.165. The summed E-state index contributed by atoms with van der Waals surface area (Å²) in [5.74, 6) is 3.46. The third kappa shape index (κ3) is 3.88. The second kappa shape index (κ2) is 10.8. The topological polar surface area (TPSA) is 0 Å². The van der Waals surface area contributed by atoms with Crippen LogP contribution in [0, 0.1) is 23.7 Å². The number of hydrogen-bond donors (Lipinski definition) is 0. The van der Waals surface area contributed by atoms with Gasteiger partial charge in [0.2, 0.25) is 0 Å². The van der Waals surface area contributed by atoms with Crippen LogP contribution in [0.1, 0.15) is 43.2 Å². The first kappa shape index (κ1) is 29.2. The van der Waals surface area contributed by atoms with Crippen LogP contribution >= 0.6 is 0 Å². The van der Waals surface area contributed by atoms with Crippen LogP contribution in [-0.4, -0.2) is 0 Å². The molecule has 0 amide bonds. The molecule has 4 saturated carbocycles. The second-order valence-electron chi connectivity index (χ2n) is 16.4. The SMILES string of the molecule is c1ccc2c(c1)-c1ccc(-c3ccc(-c4c5ccccc5c(-c5cccc6ccccc56)c5ccccc45)cc3)cc1C21C2CC3CC(C2)CC1C3. The van der Waals surface area contributed by atoms with Crippen LogP contribution < -0.4 is 0 Å². The lowest BCUT2D eigenvalue weighted by Crippen LogP contribution is -2.55. The van der Waals surface area contributed by atoms with Crippen LogP contribution in [0.5, 0.6) is 0 Å².